The van der Waals surface area contributed by atoms with Crippen LogP contribution in [0.2, 0.25) is 5.02 Å². The Labute approximate surface area is 137 Å². The number of carbonyl (C=O) groups is 1. The zero-order valence-corrected chi connectivity index (χ0v) is 13.3. The average molecular weight is 351 g/mol. The van der Waals surface area contributed by atoms with Gasteiger partial charge >= 0.3 is 6.18 Å². The summed E-state index contributed by atoms with van der Waals surface area (Å²) in [6.07, 6.45) is -3.89. The Bertz CT molecular complexity index is 572. The highest BCUT2D eigenvalue weighted by Gasteiger charge is 2.35. The van der Waals surface area contributed by atoms with E-state index in [2.05, 4.69) is 5.32 Å². The van der Waals surface area contributed by atoms with E-state index in [9.17, 15) is 23.1 Å². The molecule has 1 fully saturated rings. The maximum atomic E-state index is 13.0. The van der Waals surface area contributed by atoms with Gasteiger partial charge in [-0.15, -0.1) is 0 Å². The fourth-order valence-electron chi connectivity index (χ4n) is 2.54. The lowest BCUT2D eigenvalue weighted by Crippen LogP contribution is -2.47. The third-order valence-corrected chi connectivity index (χ3v) is 4.21. The second kappa shape index (κ2) is 7.07. The molecule has 1 aliphatic rings. The van der Waals surface area contributed by atoms with Crippen molar-refractivity contribution in [2.75, 3.05) is 18.4 Å². The van der Waals surface area contributed by atoms with Gasteiger partial charge in [0.25, 0.3) is 0 Å². The van der Waals surface area contributed by atoms with E-state index in [4.69, 9.17) is 11.6 Å². The van der Waals surface area contributed by atoms with Crippen LogP contribution in [0.5, 0.6) is 0 Å². The highest BCUT2D eigenvalue weighted by molar-refractivity contribution is 6.30. The van der Waals surface area contributed by atoms with Crippen LogP contribution in [-0.2, 0) is 11.0 Å². The van der Waals surface area contributed by atoms with Crippen LogP contribution in [0.25, 0.3) is 0 Å². The van der Waals surface area contributed by atoms with Gasteiger partial charge in [0.1, 0.15) is 0 Å². The molecule has 0 unspecified atom stereocenters. The van der Waals surface area contributed by atoms with E-state index in [1.54, 1.807) is 6.92 Å². The zero-order chi connectivity index (χ0) is 17.2. The lowest BCUT2D eigenvalue weighted by atomic mass is 10.1. The summed E-state index contributed by atoms with van der Waals surface area (Å²) < 4.78 is 39.1. The van der Waals surface area contributed by atoms with E-state index in [1.165, 1.54) is 6.07 Å². The van der Waals surface area contributed by atoms with Crippen molar-refractivity contribution in [3.05, 3.63) is 28.8 Å². The highest BCUT2D eigenvalue weighted by Crippen LogP contribution is 2.36. The predicted octanol–water partition coefficient (Wildman–Crippen LogP) is 3.14. The lowest BCUT2D eigenvalue weighted by Gasteiger charge is -2.33. The lowest BCUT2D eigenvalue weighted by molar-refractivity contribution is -0.137. The molecule has 1 aliphatic heterocycles. The Hall–Kier alpha value is -1.31. The number of nitrogens with zero attached hydrogens (tertiary/aromatic N) is 1. The summed E-state index contributed by atoms with van der Waals surface area (Å²) in [6, 6.07) is 2.66. The number of aliphatic hydroxyl groups excluding tert-OH is 1. The van der Waals surface area contributed by atoms with Gasteiger partial charge in [-0.25, -0.2) is 0 Å². The molecule has 128 valence electrons. The first-order valence-corrected chi connectivity index (χ1v) is 7.66. The van der Waals surface area contributed by atoms with Gasteiger partial charge in [0.15, 0.2) is 0 Å². The van der Waals surface area contributed by atoms with Gasteiger partial charge in [0.2, 0.25) is 5.91 Å². The number of likely N-dealkylation sites (tertiary alicyclic amines) is 1. The van der Waals surface area contributed by atoms with E-state index in [-0.39, 0.29) is 16.8 Å². The first kappa shape index (κ1) is 18.0. The van der Waals surface area contributed by atoms with Crippen molar-refractivity contribution in [3.63, 3.8) is 0 Å². The molecule has 0 spiro atoms. The Morgan fingerprint density at radius 1 is 1.39 bits per heavy atom. The van der Waals surface area contributed by atoms with Crippen LogP contribution in [0.1, 0.15) is 25.3 Å². The standard InChI is InChI=1S/C15H18ClF3N2O2/c1-9(21-6-4-11(22)5-7-21)14(23)20-13-3-2-10(16)8-12(13)15(17,18)19/h2-3,8-9,11,22H,4-7H2,1H3,(H,20,23)/t9-/m1/s1. The Balaban J connectivity index is 2.11. The number of nitrogens with one attached hydrogen (secondary N) is 1. The average Bonchev–Trinajstić information content (AvgIpc) is 2.48. The van der Waals surface area contributed by atoms with Crippen LogP contribution in [0.15, 0.2) is 18.2 Å². The molecular formula is C15H18ClF3N2O2. The Morgan fingerprint density at radius 3 is 2.57 bits per heavy atom. The van der Waals surface area contributed by atoms with Crippen molar-refractivity contribution in [3.8, 4) is 0 Å². The number of halogens is 4. The smallest absolute Gasteiger partial charge is 0.393 e. The molecule has 1 atom stereocenters. The zero-order valence-electron chi connectivity index (χ0n) is 12.5. The van der Waals surface area contributed by atoms with Crippen molar-refractivity contribution in [1.82, 2.24) is 4.90 Å². The molecule has 0 aromatic heterocycles. The molecule has 23 heavy (non-hydrogen) atoms. The summed E-state index contributed by atoms with van der Waals surface area (Å²) in [6.45, 7) is 2.70. The molecule has 1 heterocycles. The minimum atomic E-state index is -4.61. The first-order chi connectivity index (χ1) is 10.7. The molecule has 1 aromatic carbocycles. The third kappa shape index (κ3) is 4.59. The van der Waals surface area contributed by atoms with Crippen molar-refractivity contribution in [2.24, 2.45) is 0 Å². The third-order valence-electron chi connectivity index (χ3n) is 3.97. The number of alkyl halides is 3. The minimum absolute atomic E-state index is 0.0478. The molecule has 1 saturated heterocycles. The van der Waals surface area contributed by atoms with Crippen LogP contribution in [-0.4, -0.2) is 41.1 Å². The molecule has 0 bridgehead atoms. The predicted molar refractivity (Wildman–Crippen MR) is 81.4 cm³/mol. The number of benzene rings is 1. The number of anilines is 1. The molecule has 1 aromatic rings. The molecule has 4 nitrogen and oxygen atoms in total. The van der Waals surface area contributed by atoms with E-state index in [0.717, 1.165) is 12.1 Å². The normalized spacial score (nSPS) is 18.7. The van der Waals surface area contributed by atoms with Crippen molar-refractivity contribution >= 4 is 23.2 Å². The molecule has 2 N–H and O–H groups in total. The summed E-state index contributed by atoms with van der Waals surface area (Å²) >= 11 is 5.61. The van der Waals surface area contributed by atoms with Gasteiger partial charge in [-0.1, -0.05) is 11.6 Å². The first-order valence-electron chi connectivity index (χ1n) is 7.28. The van der Waals surface area contributed by atoms with Crippen LogP contribution in [0, 0.1) is 0 Å². The molecule has 0 saturated carbocycles. The summed E-state index contributed by atoms with van der Waals surface area (Å²) in [5.41, 5.74) is -1.28. The van der Waals surface area contributed by atoms with E-state index in [1.807, 2.05) is 4.90 Å². The molecule has 8 heteroatoms. The van der Waals surface area contributed by atoms with Crippen molar-refractivity contribution in [1.29, 1.82) is 0 Å². The highest BCUT2D eigenvalue weighted by atomic mass is 35.5. The second-order valence-corrected chi connectivity index (χ2v) is 6.06. The number of hydrogen-bond donors (Lipinski definition) is 2. The molecule has 0 aliphatic carbocycles. The molecular weight excluding hydrogens is 333 g/mol. The largest absolute Gasteiger partial charge is 0.418 e. The number of piperidine rings is 1. The fourth-order valence-corrected chi connectivity index (χ4v) is 2.71. The van der Waals surface area contributed by atoms with Gasteiger partial charge in [-0.3, -0.25) is 9.69 Å². The van der Waals surface area contributed by atoms with E-state index < -0.39 is 23.7 Å². The van der Waals surface area contributed by atoms with Crippen molar-refractivity contribution in [2.45, 2.75) is 38.1 Å². The second-order valence-electron chi connectivity index (χ2n) is 5.62. The van der Waals surface area contributed by atoms with E-state index >= 15 is 0 Å². The summed E-state index contributed by atoms with van der Waals surface area (Å²) in [7, 11) is 0. The number of carbonyl (C=O) groups excluding carboxylic acids is 1. The maximum Gasteiger partial charge on any atom is 0.418 e. The Morgan fingerprint density at radius 2 is 2.00 bits per heavy atom. The van der Waals surface area contributed by atoms with Crippen LogP contribution in [0.4, 0.5) is 18.9 Å². The number of amides is 1. The van der Waals surface area contributed by atoms with Gasteiger partial charge in [-0.05, 0) is 38.0 Å². The topological polar surface area (TPSA) is 52.6 Å². The molecule has 2 rings (SSSR count). The number of aliphatic hydroxyl groups is 1. The van der Waals surface area contributed by atoms with Crippen LogP contribution < -0.4 is 5.32 Å². The maximum absolute atomic E-state index is 13.0. The van der Waals surface area contributed by atoms with Gasteiger partial charge in [0, 0.05) is 18.1 Å². The van der Waals surface area contributed by atoms with Gasteiger partial charge < -0.3 is 10.4 Å². The van der Waals surface area contributed by atoms with Gasteiger partial charge in [-0.2, -0.15) is 13.2 Å². The monoisotopic (exact) mass is 350 g/mol. The minimum Gasteiger partial charge on any atom is -0.393 e. The SMILES string of the molecule is C[C@H](C(=O)Nc1ccc(Cl)cc1C(F)(F)F)N1CCC(O)CC1. The Kier molecular flexibility index (Phi) is 5.54. The number of hydrogen-bond acceptors (Lipinski definition) is 3. The summed E-state index contributed by atoms with van der Waals surface area (Å²) in [4.78, 5) is 14.1. The van der Waals surface area contributed by atoms with Gasteiger partial charge in [0.05, 0.1) is 23.4 Å². The summed E-state index contributed by atoms with van der Waals surface area (Å²) in [5.74, 6) is -0.519. The number of rotatable bonds is 3. The summed E-state index contributed by atoms with van der Waals surface area (Å²) in [5, 5.41) is 11.8. The van der Waals surface area contributed by atoms with E-state index in [0.29, 0.717) is 25.9 Å². The van der Waals surface area contributed by atoms with Crippen molar-refractivity contribution < 1.29 is 23.1 Å². The van der Waals surface area contributed by atoms with Crippen LogP contribution >= 0.6 is 11.6 Å². The quantitative estimate of drug-likeness (QED) is 0.880. The van der Waals surface area contributed by atoms with Crippen LogP contribution in [0.3, 0.4) is 0 Å². The molecule has 1 amide bonds. The molecule has 0 radical (unpaired) electrons. The fraction of sp³-hybridized carbons (Fsp3) is 0.533.